The molecule has 1 heterocycles. The highest BCUT2D eigenvalue weighted by Crippen LogP contribution is 2.23. The number of halogens is 1. The van der Waals surface area contributed by atoms with E-state index >= 15 is 0 Å². The molecule has 0 bridgehead atoms. The Bertz CT molecular complexity index is 395. The lowest BCUT2D eigenvalue weighted by atomic mass is 10.1. The first-order valence-electron chi connectivity index (χ1n) is 6.59. The first-order chi connectivity index (χ1) is 8.72. The van der Waals surface area contributed by atoms with E-state index in [1.165, 1.54) is 6.07 Å². The van der Waals surface area contributed by atoms with E-state index in [1.54, 1.807) is 6.07 Å². The van der Waals surface area contributed by atoms with E-state index < -0.39 is 0 Å². The van der Waals surface area contributed by atoms with Crippen LogP contribution in [0.25, 0.3) is 0 Å². The van der Waals surface area contributed by atoms with Crippen LogP contribution in [0.5, 0.6) is 0 Å². The molecule has 1 unspecified atom stereocenters. The third kappa shape index (κ3) is 3.21. The average Bonchev–Trinajstić information content (AvgIpc) is 2.39. The number of nitrogens with zero attached hydrogens (tertiary/aromatic N) is 1. The van der Waals surface area contributed by atoms with Gasteiger partial charge in [-0.05, 0) is 43.5 Å². The molecule has 1 saturated heterocycles. The summed E-state index contributed by atoms with van der Waals surface area (Å²) in [4.78, 5) is 2.19. The van der Waals surface area contributed by atoms with Gasteiger partial charge in [0, 0.05) is 31.9 Å². The van der Waals surface area contributed by atoms with Crippen molar-refractivity contribution in [3.05, 3.63) is 29.6 Å². The SMILES string of the molecule is CCOC1CCCN(c2cc(F)cc(CN)c2)C1. The molecule has 0 aromatic heterocycles. The summed E-state index contributed by atoms with van der Waals surface area (Å²) < 4.78 is 19.2. The summed E-state index contributed by atoms with van der Waals surface area (Å²) in [5, 5.41) is 0. The minimum Gasteiger partial charge on any atom is -0.377 e. The summed E-state index contributed by atoms with van der Waals surface area (Å²) in [6.45, 7) is 4.90. The number of rotatable bonds is 4. The van der Waals surface area contributed by atoms with Gasteiger partial charge in [-0.15, -0.1) is 0 Å². The molecular formula is C14H21FN2O. The molecule has 0 aliphatic carbocycles. The summed E-state index contributed by atoms with van der Waals surface area (Å²) in [6, 6.07) is 5.04. The Balaban J connectivity index is 2.12. The minimum absolute atomic E-state index is 0.216. The fourth-order valence-corrected chi connectivity index (χ4v) is 2.48. The number of benzene rings is 1. The summed E-state index contributed by atoms with van der Waals surface area (Å²) in [6.07, 6.45) is 2.43. The maximum absolute atomic E-state index is 13.5. The van der Waals surface area contributed by atoms with Gasteiger partial charge in [-0.25, -0.2) is 4.39 Å². The highest BCUT2D eigenvalue weighted by Gasteiger charge is 2.20. The van der Waals surface area contributed by atoms with Gasteiger partial charge < -0.3 is 15.4 Å². The molecule has 1 aliphatic rings. The molecular weight excluding hydrogens is 231 g/mol. The van der Waals surface area contributed by atoms with E-state index in [1.807, 2.05) is 13.0 Å². The third-order valence-corrected chi connectivity index (χ3v) is 3.32. The summed E-state index contributed by atoms with van der Waals surface area (Å²) in [5.41, 5.74) is 7.34. The van der Waals surface area contributed by atoms with Gasteiger partial charge in [0.05, 0.1) is 6.10 Å². The standard InChI is InChI=1S/C14H21FN2O/c1-2-18-14-4-3-5-17(10-14)13-7-11(9-16)6-12(15)8-13/h6-8,14H,2-5,9-10,16H2,1H3. The van der Waals surface area contributed by atoms with Crippen LogP contribution in [0.1, 0.15) is 25.3 Å². The zero-order chi connectivity index (χ0) is 13.0. The van der Waals surface area contributed by atoms with Crippen molar-refractivity contribution in [2.45, 2.75) is 32.4 Å². The minimum atomic E-state index is -0.216. The average molecular weight is 252 g/mol. The van der Waals surface area contributed by atoms with Crippen LogP contribution in [0.2, 0.25) is 0 Å². The van der Waals surface area contributed by atoms with E-state index in [0.717, 1.165) is 43.8 Å². The van der Waals surface area contributed by atoms with Crippen LogP contribution >= 0.6 is 0 Å². The Morgan fingerprint density at radius 2 is 2.28 bits per heavy atom. The topological polar surface area (TPSA) is 38.5 Å². The molecule has 2 N–H and O–H groups in total. The van der Waals surface area contributed by atoms with Crippen molar-refractivity contribution in [3.63, 3.8) is 0 Å². The molecule has 0 amide bonds. The Morgan fingerprint density at radius 3 is 3.00 bits per heavy atom. The largest absolute Gasteiger partial charge is 0.377 e. The lowest BCUT2D eigenvalue weighted by molar-refractivity contribution is 0.0526. The normalized spacial score (nSPS) is 20.2. The molecule has 0 saturated carbocycles. The smallest absolute Gasteiger partial charge is 0.125 e. The summed E-state index contributed by atoms with van der Waals surface area (Å²) in [5.74, 6) is -0.216. The van der Waals surface area contributed by atoms with Gasteiger partial charge >= 0.3 is 0 Å². The van der Waals surface area contributed by atoms with Crippen LogP contribution in [-0.4, -0.2) is 25.8 Å². The second-order valence-electron chi connectivity index (χ2n) is 4.69. The van der Waals surface area contributed by atoms with E-state index in [2.05, 4.69) is 4.90 Å². The number of nitrogens with two attached hydrogens (primary N) is 1. The summed E-state index contributed by atoms with van der Waals surface area (Å²) >= 11 is 0. The highest BCUT2D eigenvalue weighted by atomic mass is 19.1. The maximum atomic E-state index is 13.5. The summed E-state index contributed by atoms with van der Waals surface area (Å²) in [7, 11) is 0. The van der Waals surface area contributed by atoms with Crippen molar-refractivity contribution in [1.82, 2.24) is 0 Å². The molecule has 3 nitrogen and oxygen atoms in total. The molecule has 1 aliphatic heterocycles. The van der Waals surface area contributed by atoms with Crippen LogP contribution in [0, 0.1) is 5.82 Å². The van der Waals surface area contributed by atoms with Crippen molar-refractivity contribution < 1.29 is 9.13 Å². The predicted octanol–water partition coefficient (Wildman–Crippen LogP) is 2.29. The number of ether oxygens (including phenoxy) is 1. The zero-order valence-electron chi connectivity index (χ0n) is 10.9. The van der Waals surface area contributed by atoms with Crippen LogP contribution in [0.15, 0.2) is 18.2 Å². The van der Waals surface area contributed by atoms with Crippen LogP contribution in [0.4, 0.5) is 10.1 Å². The number of hydrogen-bond donors (Lipinski definition) is 1. The van der Waals surface area contributed by atoms with E-state index in [0.29, 0.717) is 6.54 Å². The fraction of sp³-hybridized carbons (Fsp3) is 0.571. The van der Waals surface area contributed by atoms with Gasteiger partial charge in [-0.2, -0.15) is 0 Å². The molecule has 2 rings (SSSR count). The molecule has 1 aromatic rings. The number of piperidine rings is 1. The monoisotopic (exact) mass is 252 g/mol. The molecule has 1 fully saturated rings. The fourth-order valence-electron chi connectivity index (χ4n) is 2.48. The molecule has 4 heteroatoms. The Kier molecular flexibility index (Phi) is 4.55. The second-order valence-corrected chi connectivity index (χ2v) is 4.69. The lowest BCUT2D eigenvalue weighted by Gasteiger charge is -2.34. The van der Waals surface area contributed by atoms with Gasteiger partial charge in [-0.1, -0.05) is 0 Å². The number of hydrogen-bond acceptors (Lipinski definition) is 3. The number of anilines is 1. The van der Waals surface area contributed by atoms with Crippen molar-refractivity contribution in [3.8, 4) is 0 Å². The van der Waals surface area contributed by atoms with Gasteiger partial charge in [0.2, 0.25) is 0 Å². The van der Waals surface area contributed by atoms with Crippen molar-refractivity contribution in [2.24, 2.45) is 5.73 Å². The van der Waals surface area contributed by atoms with Gasteiger partial charge in [0.1, 0.15) is 5.82 Å². The van der Waals surface area contributed by atoms with E-state index in [4.69, 9.17) is 10.5 Å². The van der Waals surface area contributed by atoms with Crippen molar-refractivity contribution >= 4 is 5.69 Å². The van der Waals surface area contributed by atoms with Crippen LogP contribution < -0.4 is 10.6 Å². The quantitative estimate of drug-likeness (QED) is 0.893. The Labute approximate surface area is 108 Å². The Hall–Kier alpha value is -1.13. The highest BCUT2D eigenvalue weighted by molar-refractivity contribution is 5.49. The molecule has 1 aromatic carbocycles. The molecule has 1 atom stereocenters. The van der Waals surface area contributed by atoms with Crippen molar-refractivity contribution in [2.75, 3.05) is 24.6 Å². The maximum Gasteiger partial charge on any atom is 0.125 e. The zero-order valence-corrected chi connectivity index (χ0v) is 10.9. The van der Waals surface area contributed by atoms with Crippen molar-refractivity contribution in [1.29, 1.82) is 0 Å². The van der Waals surface area contributed by atoms with Gasteiger partial charge in [0.15, 0.2) is 0 Å². The van der Waals surface area contributed by atoms with Gasteiger partial charge in [-0.3, -0.25) is 0 Å². The molecule has 100 valence electrons. The first kappa shape index (κ1) is 13.3. The van der Waals surface area contributed by atoms with E-state index in [-0.39, 0.29) is 11.9 Å². The molecule has 0 spiro atoms. The Morgan fingerprint density at radius 1 is 1.44 bits per heavy atom. The second kappa shape index (κ2) is 6.16. The van der Waals surface area contributed by atoms with Gasteiger partial charge in [0.25, 0.3) is 0 Å². The van der Waals surface area contributed by atoms with E-state index in [9.17, 15) is 4.39 Å². The van der Waals surface area contributed by atoms with Crippen LogP contribution in [0.3, 0.4) is 0 Å². The lowest BCUT2D eigenvalue weighted by Crippen LogP contribution is -2.39. The third-order valence-electron chi connectivity index (χ3n) is 3.32. The molecule has 18 heavy (non-hydrogen) atoms. The predicted molar refractivity (Wildman–Crippen MR) is 71.2 cm³/mol. The van der Waals surface area contributed by atoms with Crippen LogP contribution in [-0.2, 0) is 11.3 Å². The molecule has 0 radical (unpaired) electrons. The first-order valence-corrected chi connectivity index (χ1v) is 6.59.